The van der Waals surface area contributed by atoms with Crippen LogP contribution in [0.15, 0.2) is 66.4 Å². The largest absolute Gasteiger partial charge is 0.335 e. The van der Waals surface area contributed by atoms with E-state index in [1.54, 1.807) is 61.5 Å². The lowest BCUT2D eigenvalue weighted by atomic mass is 10.00. The van der Waals surface area contributed by atoms with Crippen LogP contribution in [-0.2, 0) is 9.59 Å². The Kier molecular flexibility index (Phi) is 5.73. The number of amides is 5. The van der Waals surface area contributed by atoms with Crippen molar-refractivity contribution in [1.29, 1.82) is 0 Å². The highest BCUT2D eigenvalue weighted by atomic mass is 16.2. The third-order valence-electron chi connectivity index (χ3n) is 4.43. The summed E-state index contributed by atoms with van der Waals surface area (Å²) >= 11 is 0. The first-order valence-corrected chi connectivity index (χ1v) is 8.95. The quantitative estimate of drug-likeness (QED) is 0.533. The van der Waals surface area contributed by atoms with Gasteiger partial charge in [0.25, 0.3) is 11.8 Å². The maximum Gasteiger partial charge on any atom is 0.335 e. The van der Waals surface area contributed by atoms with Gasteiger partial charge in [0.1, 0.15) is 0 Å². The van der Waals surface area contributed by atoms with Crippen LogP contribution in [0.25, 0.3) is 0 Å². The number of nitrogens with one attached hydrogen (secondary N) is 3. The first kappa shape index (κ1) is 19.8. The van der Waals surface area contributed by atoms with Crippen LogP contribution in [0, 0.1) is 12.8 Å². The molecule has 8 nitrogen and oxygen atoms in total. The fourth-order valence-corrected chi connectivity index (χ4v) is 2.89. The SMILES string of the molecule is C/C=C(\NNC(=O)c1ccccc1)[C@@H]1C(=O)NC(=O)N(c2ccc(C)cc2)C1=O. The van der Waals surface area contributed by atoms with Gasteiger partial charge >= 0.3 is 6.03 Å². The second kappa shape index (κ2) is 8.39. The molecule has 2 aromatic carbocycles. The molecule has 29 heavy (non-hydrogen) atoms. The molecule has 0 spiro atoms. The molecule has 0 radical (unpaired) electrons. The molecule has 1 heterocycles. The van der Waals surface area contributed by atoms with Gasteiger partial charge in [-0.2, -0.15) is 0 Å². The molecule has 0 unspecified atom stereocenters. The minimum Gasteiger partial charge on any atom is -0.301 e. The van der Waals surface area contributed by atoms with Crippen molar-refractivity contribution in [1.82, 2.24) is 16.2 Å². The van der Waals surface area contributed by atoms with E-state index in [2.05, 4.69) is 16.2 Å². The zero-order valence-corrected chi connectivity index (χ0v) is 15.9. The normalized spacial score (nSPS) is 17.0. The van der Waals surface area contributed by atoms with Gasteiger partial charge in [0, 0.05) is 11.3 Å². The highest BCUT2D eigenvalue weighted by Gasteiger charge is 2.43. The molecule has 5 amide bonds. The summed E-state index contributed by atoms with van der Waals surface area (Å²) in [5.74, 6) is -3.22. The van der Waals surface area contributed by atoms with E-state index >= 15 is 0 Å². The Balaban J connectivity index is 1.80. The molecule has 1 atom stereocenters. The standard InChI is InChI=1S/C21H20N4O4/c1-3-16(23-24-18(26)14-7-5-4-6-8-14)17-19(27)22-21(29)25(20(17)28)15-11-9-13(2)10-12-15/h3-12,17,23H,1-2H3,(H,24,26)(H,22,27,29)/b16-3-/t17-/m1/s1. The Morgan fingerprint density at radius 3 is 2.28 bits per heavy atom. The maximum atomic E-state index is 13.0. The van der Waals surface area contributed by atoms with E-state index in [4.69, 9.17) is 0 Å². The molecule has 0 saturated carbocycles. The predicted octanol–water partition coefficient (Wildman–Crippen LogP) is 2.03. The summed E-state index contributed by atoms with van der Waals surface area (Å²) in [4.78, 5) is 50.8. The van der Waals surface area contributed by atoms with Crippen LogP contribution in [0.2, 0.25) is 0 Å². The summed E-state index contributed by atoms with van der Waals surface area (Å²) in [6.45, 7) is 3.50. The Hall–Kier alpha value is -3.94. The molecular formula is C21H20N4O4. The minimum absolute atomic E-state index is 0.154. The van der Waals surface area contributed by atoms with Crippen molar-refractivity contribution in [2.45, 2.75) is 13.8 Å². The van der Waals surface area contributed by atoms with Crippen LogP contribution in [0.5, 0.6) is 0 Å². The maximum absolute atomic E-state index is 13.0. The van der Waals surface area contributed by atoms with Crippen molar-refractivity contribution >= 4 is 29.4 Å². The number of hydrogen-bond acceptors (Lipinski definition) is 5. The molecule has 3 rings (SSSR count). The number of rotatable bonds is 5. The first-order valence-electron chi connectivity index (χ1n) is 8.95. The molecule has 1 aliphatic rings. The third-order valence-corrected chi connectivity index (χ3v) is 4.43. The van der Waals surface area contributed by atoms with E-state index in [0.29, 0.717) is 11.3 Å². The van der Waals surface area contributed by atoms with Gasteiger partial charge in [0.05, 0.1) is 5.69 Å². The third kappa shape index (κ3) is 4.16. The Morgan fingerprint density at radius 1 is 1.00 bits per heavy atom. The van der Waals surface area contributed by atoms with Crippen LogP contribution < -0.4 is 21.1 Å². The van der Waals surface area contributed by atoms with E-state index in [1.165, 1.54) is 6.08 Å². The number of nitrogens with zero attached hydrogens (tertiary/aromatic N) is 1. The van der Waals surface area contributed by atoms with Crippen LogP contribution in [0.3, 0.4) is 0 Å². The van der Waals surface area contributed by atoms with Crippen LogP contribution in [0.4, 0.5) is 10.5 Å². The number of imide groups is 2. The number of benzene rings is 2. The number of urea groups is 1. The fraction of sp³-hybridized carbons (Fsp3) is 0.143. The minimum atomic E-state index is -1.31. The average molecular weight is 392 g/mol. The number of hydrogen-bond donors (Lipinski definition) is 3. The molecule has 8 heteroatoms. The lowest BCUT2D eigenvalue weighted by Crippen LogP contribution is -2.60. The molecule has 0 aliphatic carbocycles. The zero-order valence-electron chi connectivity index (χ0n) is 15.9. The summed E-state index contributed by atoms with van der Waals surface area (Å²) < 4.78 is 0. The fourth-order valence-electron chi connectivity index (χ4n) is 2.89. The molecular weight excluding hydrogens is 372 g/mol. The predicted molar refractivity (Wildman–Crippen MR) is 106 cm³/mol. The van der Waals surface area contributed by atoms with Crippen molar-refractivity contribution in [2.75, 3.05) is 4.90 Å². The monoisotopic (exact) mass is 392 g/mol. The van der Waals surface area contributed by atoms with Gasteiger partial charge < -0.3 is 5.43 Å². The zero-order chi connectivity index (χ0) is 21.0. The van der Waals surface area contributed by atoms with Gasteiger partial charge in [0.2, 0.25) is 5.91 Å². The summed E-state index contributed by atoms with van der Waals surface area (Å²) in [5.41, 5.74) is 6.98. The molecule has 0 aromatic heterocycles. The van der Waals surface area contributed by atoms with Gasteiger partial charge in [-0.15, -0.1) is 0 Å². The van der Waals surface area contributed by atoms with Gasteiger partial charge in [-0.3, -0.25) is 25.1 Å². The molecule has 148 valence electrons. The van der Waals surface area contributed by atoms with Crippen LogP contribution in [0.1, 0.15) is 22.8 Å². The van der Waals surface area contributed by atoms with Crippen molar-refractivity contribution in [2.24, 2.45) is 5.92 Å². The Bertz CT molecular complexity index is 984. The van der Waals surface area contributed by atoms with Crippen molar-refractivity contribution in [3.05, 3.63) is 77.5 Å². The summed E-state index contributed by atoms with van der Waals surface area (Å²) in [6.07, 6.45) is 1.50. The van der Waals surface area contributed by atoms with Crippen molar-refractivity contribution in [3.8, 4) is 0 Å². The van der Waals surface area contributed by atoms with Crippen molar-refractivity contribution in [3.63, 3.8) is 0 Å². The van der Waals surface area contributed by atoms with Gasteiger partial charge in [-0.1, -0.05) is 42.0 Å². The Labute approximate surface area is 167 Å². The highest BCUT2D eigenvalue weighted by molar-refractivity contribution is 6.28. The van der Waals surface area contributed by atoms with Gasteiger partial charge in [-0.05, 0) is 38.1 Å². The molecule has 3 N–H and O–H groups in total. The number of carbonyl (C=O) groups excluding carboxylic acids is 4. The van der Waals surface area contributed by atoms with E-state index in [0.717, 1.165) is 10.5 Å². The highest BCUT2D eigenvalue weighted by Crippen LogP contribution is 2.24. The van der Waals surface area contributed by atoms with E-state index < -0.39 is 29.7 Å². The number of hydrazine groups is 1. The van der Waals surface area contributed by atoms with Crippen LogP contribution in [-0.4, -0.2) is 23.8 Å². The average Bonchev–Trinajstić information content (AvgIpc) is 2.72. The first-order chi connectivity index (χ1) is 13.9. The smallest absolute Gasteiger partial charge is 0.301 e. The van der Waals surface area contributed by atoms with E-state index in [9.17, 15) is 19.2 Å². The van der Waals surface area contributed by atoms with E-state index in [-0.39, 0.29) is 5.70 Å². The molecule has 1 fully saturated rings. The molecule has 0 bridgehead atoms. The number of allylic oxidation sites excluding steroid dienone is 1. The van der Waals surface area contributed by atoms with Gasteiger partial charge in [-0.25, -0.2) is 9.69 Å². The number of barbiturate groups is 1. The van der Waals surface area contributed by atoms with Gasteiger partial charge in [0.15, 0.2) is 5.92 Å². The lowest BCUT2D eigenvalue weighted by Gasteiger charge is -2.31. The number of anilines is 1. The van der Waals surface area contributed by atoms with Crippen molar-refractivity contribution < 1.29 is 19.2 Å². The summed E-state index contributed by atoms with van der Waals surface area (Å²) in [7, 11) is 0. The molecule has 1 saturated heterocycles. The number of aryl methyl sites for hydroxylation is 1. The second-order valence-corrected chi connectivity index (χ2v) is 6.43. The second-order valence-electron chi connectivity index (χ2n) is 6.43. The van der Waals surface area contributed by atoms with E-state index in [1.807, 2.05) is 6.92 Å². The molecule has 2 aromatic rings. The number of carbonyl (C=O) groups is 4. The summed E-state index contributed by atoms with van der Waals surface area (Å²) in [5, 5.41) is 2.19. The van der Waals surface area contributed by atoms with Crippen LogP contribution >= 0.6 is 0 Å². The topological polar surface area (TPSA) is 108 Å². The molecule has 1 aliphatic heterocycles. The Morgan fingerprint density at radius 2 is 1.66 bits per heavy atom. The summed E-state index contributed by atoms with van der Waals surface area (Å²) in [6, 6.07) is 14.4. The lowest BCUT2D eigenvalue weighted by molar-refractivity contribution is -0.132.